The standard InChI is InChI=1S/C10H13F2NO4/c11-9(12)6-13(3-4-14)5-7-1-2-8(17-7)10(15)16/h1-2,9,14H,3-6H2,(H,15,16). The van der Waals surface area contributed by atoms with Crippen LogP contribution >= 0.6 is 0 Å². The number of carboxylic acid groups (broad SMARTS) is 1. The lowest BCUT2D eigenvalue weighted by Crippen LogP contribution is -2.31. The molecule has 1 aromatic rings. The lowest BCUT2D eigenvalue weighted by Gasteiger charge is -2.19. The molecule has 7 heteroatoms. The summed E-state index contributed by atoms with van der Waals surface area (Å²) in [6, 6.07) is 2.68. The van der Waals surface area contributed by atoms with Crippen molar-refractivity contribution < 1.29 is 28.2 Å². The zero-order valence-electron chi connectivity index (χ0n) is 8.97. The van der Waals surface area contributed by atoms with Gasteiger partial charge in [-0.2, -0.15) is 0 Å². The Morgan fingerprint density at radius 2 is 2.18 bits per heavy atom. The number of carbonyl (C=O) groups is 1. The summed E-state index contributed by atoms with van der Waals surface area (Å²) >= 11 is 0. The van der Waals surface area contributed by atoms with Gasteiger partial charge in [0.1, 0.15) is 5.76 Å². The summed E-state index contributed by atoms with van der Waals surface area (Å²) in [7, 11) is 0. The number of hydrogen-bond donors (Lipinski definition) is 2. The predicted molar refractivity (Wildman–Crippen MR) is 54.0 cm³/mol. The number of aliphatic hydroxyl groups excluding tert-OH is 1. The molecule has 1 rings (SSSR count). The normalized spacial score (nSPS) is 11.4. The Bertz CT molecular complexity index is 367. The molecule has 2 N–H and O–H groups in total. The third-order valence-electron chi connectivity index (χ3n) is 2.06. The third kappa shape index (κ3) is 4.49. The minimum atomic E-state index is -2.52. The molecule has 0 aliphatic carbocycles. The summed E-state index contributed by atoms with van der Waals surface area (Å²) in [5.74, 6) is -1.17. The molecule has 0 aliphatic rings. The Labute approximate surface area is 96.3 Å². The van der Waals surface area contributed by atoms with E-state index in [2.05, 4.69) is 0 Å². The average Bonchev–Trinajstić information content (AvgIpc) is 2.65. The van der Waals surface area contributed by atoms with Crippen molar-refractivity contribution in [1.82, 2.24) is 4.90 Å². The minimum absolute atomic E-state index is 0.0399. The number of nitrogens with zero attached hydrogens (tertiary/aromatic N) is 1. The fraction of sp³-hybridized carbons (Fsp3) is 0.500. The van der Waals surface area contributed by atoms with Gasteiger partial charge in [-0.05, 0) is 12.1 Å². The van der Waals surface area contributed by atoms with Crippen molar-refractivity contribution in [2.45, 2.75) is 13.0 Å². The van der Waals surface area contributed by atoms with Crippen molar-refractivity contribution in [2.75, 3.05) is 19.7 Å². The van der Waals surface area contributed by atoms with E-state index in [1.54, 1.807) is 0 Å². The van der Waals surface area contributed by atoms with Gasteiger partial charge in [0, 0.05) is 6.54 Å². The van der Waals surface area contributed by atoms with Crippen LogP contribution in [0.2, 0.25) is 0 Å². The molecule has 0 saturated carbocycles. The van der Waals surface area contributed by atoms with Crippen molar-refractivity contribution in [3.05, 3.63) is 23.7 Å². The number of aromatic carboxylic acids is 1. The molecule has 0 bridgehead atoms. The molecule has 0 fully saturated rings. The van der Waals surface area contributed by atoms with Gasteiger partial charge in [-0.25, -0.2) is 13.6 Å². The highest BCUT2D eigenvalue weighted by Gasteiger charge is 2.15. The Morgan fingerprint density at radius 1 is 1.47 bits per heavy atom. The first kappa shape index (κ1) is 13.6. The SMILES string of the molecule is O=C(O)c1ccc(CN(CCO)CC(F)F)o1. The number of furan rings is 1. The highest BCUT2D eigenvalue weighted by molar-refractivity contribution is 5.84. The third-order valence-corrected chi connectivity index (χ3v) is 2.06. The van der Waals surface area contributed by atoms with Gasteiger partial charge in [-0.1, -0.05) is 0 Å². The van der Waals surface area contributed by atoms with E-state index in [0.717, 1.165) is 0 Å². The lowest BCUT2D eigenvalue weighted by atomic mass is 10.3. The second-order valence-electron chi connectivity index (χ2n) is 3.42. The monoisotopic (exact) mass is 249 g/mol. The Morgan fingerprint density at radius 3 is 2.65 bits per heavy atom. The summed E-state index contributed by atoms with van der Waals surface area (Å²) in [6.07, 6.45) is -2.52. The molecular weight excluding hydrogens is 236 g/mol. The number of carboxylic acids is 1. The fourth-order valence-electron chi connectivity index (χ4n) is 1.37. The lowest BCUT2D eigenvalue weighted by molar-refractivity contribution is 0.0631. The van der Waals surface area contributed by atoms with Gasteiger partial charge in [-0.15, -0.1) is 0 Å². The number of alkyl halides is 2. The van der Waals surface area contributed by atoms with Gasteiger partial charge in [-0.3, -0.25) is 4.90 Å². The van der Waals surface area contributed by atoms with Gasteiger partial charge >= 0.3 is 5.97 Å². The Kier molecular flexibility index (Phi) is 5.05. The van der Waals surface area contributed by atoms with E-state index in [-0.39, 0.29) is 31.2 Å². The molecule has 1 heterocycles. The van der Waals surface area contributed by atoms with Crippen LogP contribution < -0.4 is 0 Å². The first-order chi connectivity index (χ1) is 8.02. The molecule has 5 nitrogen and oxygen atoms in total. The maximum Gasteiger partial charge on any atom is 0.371 e. The summed E-state index contributed by atoms with van der Waals surface area (Å²) in [5.41, 5.74) is 0. The molecular formula is C10H13F2NO4. The predicted octanol–water partition coefficient (Wildman–Crippen LogP) is 1.04. The second kappa shape index (κ2) is 6.31. The molecule has 0 aliphatic heterocycles. The van der Waals surface area contributed by atoms with Crippen LogP contribution in [-0.2, 0) is 6.54 Å². The van der Waals surface area contributed by atoms with E-state index in [1.807, 2.05) is 0 Å². The van der Waals surface area contributed by atoms with E-state index >= 15 is 0 Å². The van der Waals surface area contributed by atoms with Crippen molar-refractivity contribution in [1.29, 1.82) is 0 Å². The largest absolute Gasteiger partial charge is 0.475 e. The van der Waals surface area contributed by atoms with Crippen LogP contribution in [0, 0.1) is 0 Å². The van der Waals surface area contributed by atoms with Gasteiger partial charge in [0.05, 0.1) is 19.7 Å². The molecule has 0 spiro atoms. The summed E-state index contributed by atoms with van der Waals surface area (Å²) in [5, 5.41) is 17.3. The number of hydrogen-bond acceptors (Lipinski definition) is 4. The fourth-order valence-corrected chi connectivity index (χ4v) is 1.37. The molecule has 17 heavy (non-hydrogen) atoms. The molecule has 0 radical (unpaired) electrons. The Balaban J connectivity index is 2.61. The summed E-state index contributed by atoms with van der Waals surface area (Å²) in [4.78, 5) is 11.8. The zero-order chi connectivity index (χ0) is 12.8. The van der Waals surface area contributed by atoms with Gasteiger partial charge in [0.25, 0.3) is 6.43 Å². The van der Waals surface area contributed by atoms with Crippen LogP contribution in [0.15, 0.2) is 16.5 Å². The minimum Gasteiger partial charge on any atom is -0.475 e. The van der Waals surface area contributed by atoms with Crippen molar-refractivity contribution >= 4 is 5.97 Å². The smallest absolute Gasteiger partial charge is 0.371 e. The van der Waals surface area contributed by atoms with E-state index in [1.165, 1.54) is 17.0 Å². The highest BCUT2D eigenvalue weighted by atomic mass is 19.3. The molecule has 0 unspecified atom stereocenters. The molecule has 0 saturated heterocycles. The van der Waals surface area contributed by atoms with Crippen LogP contribution in [0.3, 0.4) is 0 Å². The quantitative estimate of drug-likeness (QED) is 0.755. The first-order valence-corrected chi connectivity index (χ1v) is 4.96. The van der Waals surface area contributed by atoms with Crippen LogP contribution in [-0.4, -0.2) is 47.2 Å². The second-order valence-corrected chi connectivity index (χ2v) is 3.42. The number of halogens is 2. The highest BCUT2D eigenvalue weighted by Crippen LogP contribution is 2.11. The topological polar surface area (TPSA) is 73.9 Å². The van der Waals surface area contributed by atoms with Gasteiger partial charge in [0.15, 0.2) is 0 Å². The van der Waals surface area contributed by atoms with Crippen molar-refractivity contribution in [2.24, 2.45) is 0 Å². The van der Waals surface area contributed by atoms with E-state index in [0.29, 0.717) is 0 Å². The first-order valence-electron chi connectivity index (χ1n) is 4.96. The molecule has 0 amide bonds. The van der Waals surface area contributed by atoms with Crippen molar-refractivity contribution in [3.8, 4) is 0 Å². The molecule has 0 aromatic carbocycles. The van der Waals surface area contributed by atoms with E-state index < -0.39 is 18.9 Å². The maximum absolute atomic E-state index is 12.2. The van der Waals surface area contributed by atoms with Crippen LogP contribution in [0.1, 0.15) is 16.3 Å². The van der Waals surface area contributed by atoms with E-state index in [9.17, 15) is 13.6 Å². The summed E-state index contributed by atoms with van der Waals surface area (Å²) in [6.45, 7) is -0.630. The Hall–Kier alpha value is -1.47. The average molecular weight is 249 g/mol. The van der Waals surface area contributed by atoms with Gasteiger partial charge in [0.2, 0.25) is 5.76 Å². The van der Waals surface area contributed by atoms with Crippen LogP contribution in [0.5, 0.6) is 0 Å². The zero-order valence-corrected chi connectivity index (χ0v) is 8.97. The van der Waals surface area contributed by atoms with Gasteiger partial charge < -0.3 is 14.6 Å². The molecule has 0 atom stereocenters. The number of aliphatic hydroxyl groups is 1. The maximum atomic E-state index is 12.2. The van der Waals surface area contributed by atoms with Crippen LogP contribution in [0.25, 0.3) is 0 Å². The van der Waals surface area contributed by atoms with Crippen LogP contribution in [0.4, 0.5) is 8.78 Å². The van der Waals surface area contributed by atoms with E-state index in [4.69, 9.17) is 14.6 Å². The van der Waals surface area contributed by atoms with Crippen molar-refractivity contribution in [3.63, 3.8) is 0 Å². The summed E-state index contributed by atoms with van der Waals surface area (Å²) < 4.78 is 29.3. The number of rotatable bonds is 7. The molecule has 1 aromatic heterocycles. The molecule has 96 valence electrons.